The van der Waals surface area contributed by atoms with Crippen molar-refractivity contribution < 1.29 is 9.16 Å². The quantitative estimate of drug-likeness (QED) is 0.474. The van der Waals surface area contributed by atoms with E-state index in [9.17, 15) is 0 Å². The maximum absolute atomic E-state index is 6.22. The van der Waals surface area contributed by atoms with Crippen LogP contribution in [0.15, 0.2) is 0 Å². The summed E-state index contributed by atoms with van der Waals surface area (Å²) in [6.07, 6.45) is 3.53. The van der Waals surface area contributed by atoms with Gasteiger partial charge in [-0.2, -0.15) is 0 Å². The Bertz CT molecular complexity index is 166. The van der Waals surface area contributed by atoms with E-state index in [2.05, 4.69) is 34.6 Å². The second kappa shape index (κ2) is 8.26. The van der Waals surface area contributed by atoms with Crippen molar-refractivity contribution in [2.75, 3.05) is 6.61 Å². The fraction of sp³-hybridized carbons (Fsp3) is 1.00. The van der Waals surface area contributed by atoms with Gasteiger partial charge in [0, 0.05) is 6.61 Å². The third-order valence-corrected chi connectivity index (χ3v) is 6.28. The normalized spacial score (nSPS) is 16.1. The van der Waals surface area contributed by atoms with E-state index in [4.69, 9.17) is 9.16 Å². The van der Waals surface area contributed by atoms with Crippen LogP contribution in [0.3, 0.4) is 0 Å². The number of ether oxygens (including phenoxy) is 1. The number of unbranched alkanes of at least 4 members (excludes halogenated alkanes) is 1. The molecule has 98 valence electrons. The van der Waals surface area contributed by atoms with E-state index in [0.717, 1.165) is 13.0 Å². The van der Waals surface area contributed by atoms with Gasteiger partial charge in [-0.1, -0.05) is 47.5 Å². The van der Waals surface area contributed by atoms with Crippen molar-refractivity contribution in [2.24, 2.45) is 0 Å². The molecule has 0 rings (SSSR count). The molecule has 0 aliphatic carbocycles. The van der Waals surface area contributed by atoms with Crippen molar-refractivity contribution in [1.29, 1.82) is 0 Å². The lowest BCUT2D eigenvalue weighted by Gasteiger charge is -2.32. The van der Waals surface area contributed by atoms with E-state index >= 15 is 0 Å². The van der Waals surface area contributed by atoms with Crippen molar-refractivity contribution in [2.45, 2.75) is 78.2 Å². The molecule has 0 amide bonds. The van der Waals surface area contributed by atoms with Gasteiger partial charge < -0.3 is 9.16 Å². The molecule has 3 heteroatoms. The van der Waals surface area contributed by atoms with Gasteiger partial charge >= 0.3 is 0 Å². The molecule has 0 radical (unpaired) electrons. The zero-order chi connectivity index (χ0) is 12.6. The van der Waals surface area contributed by atoms with Gasteiger partial charge in [0.25, 0.3) is 0 Å². The molecule has 0 aliphatic rings. The lowest BCUT2D eigenvalue weighted by Crippen LogP contribution is -2.34. The summed E-state index contributed by atoms with van der Waals surface area (Å²) >= 11 is 0. The van der Waals surface area contributed by atoms with E-state index in [-0.39, 0.29) is 6.29 Å². The van der Waals surface area contributed by atoms with Gasteiger partial charge in [0.2, 0.25) is 0 Å². The first-order valence-electron chi connectivity index (χ1n) is 6.72. The first kappa shape index (κ1) is 16.1. The van der Waals surface area contributed by atoms with Crippen LogP contribution >= 0.6 is 0 Å². The molecule has 0 aromatic heterocycles. The molecule has 0 aliphatic heterocycles. The minimum atomic E-state index is -1.17. The van der Waals surface area contributed by atoms with Crippen molar-refractivity contribution >= 4 is 9.04 Å². The Balaban J connectivity index is 4.28. The zero-order valence-electron chi connectivity index (χ0n) is 12.0. The molecular weight excluding hydrogens is 216 g/mol. The van der Waals surface area contributed by atoms with Gasteiger partial charge in [0.15, 0.2) is 9.04 Å². The molecule has 0 N–H and O–H groups in total. The molecular formula is C13H30O2Si. The van der Waals surface area contributed by atoms with Gasteiger partial charge in [-0.05, 0) is 24.4 Å². The highest BCUT2D eigenvalue weighted by molar-refractivity contribution is 6.55. The minimum absolute atomic E-state index is 0.0257. The van der Waals surface area contributed by atoms with Gasteiger partial charge in [-0.15, -0.1) is 0 Å². The largest absolute Gasteiger partial charge is 0.395 e. The van der Waals surface area contributed by atoms with E-state index in [0.29, 0.717) is 5.04 Å². The fourth-order valence-corrected chi connectivity index (χ4v) is 4.54. The van der Waals surface area contributed by atoms with E-state index < -0.39 is 9.04 Å². The van der Waals surface area contributed by atoms with Crippen LogP contribution < -0.4 is 0 Å². The molecule has 0 spiro atoms. The molecule has 0 saturated heterocycles. The Morgan fingerprint density at radius 3 is 2.12 bits per heavy atom. The second-order valence-corrected chi connectivity index (χ2v) is 8.98. The Labute approximate surface area is 103 Å². The van der Waals surface area contributed by atoms with Crippen LogP contribution in [0.1, 0.15) is 60.8 Å². The average Bonchev–Trinajstić information content (AvgIpc) is 2.20. The lowest BCUT2D eigenvalue weighted by molar-refractivity contribution is -0.0819. The Morgan fingerprint density at radius 2 is 1.75 bits per heavy atom. The smallest absolute Gasteiger partial charge is 0.185 e. The molecule has 2 nitrogen and oxygen atoms in total. The maximum Gasteiger partial charge on any atom is 0.185 e. The molecule has 0 aromatic carbocycles. The third-order valence-electron chi connectivity index (χ3n) is 2.79. The van der Waals surface area contributed by atoms with Crippen LogP contribution in [0.2, 0.25) is 11.1 Å². The molecule has 0 saturated carbocycles. The van der Waals surface area contributed by atoms with Crippen LogP contribution in [-0.2, 0) is 9.16 Å². The zero-order valence-corrected chi connectivity index (χ0v) is 13.2. The highest BCUT2D eigenvalue weighted by Crippen LogP contribution is 2.32. The van der Waals surface area contributed by atoms with Crippen molar-refractivity contribution in [3.8, 4) is 0 Å². The van der Waals surface area contributed by atoms with Gasteiger partial charge in [0.1, 0.15) is 6.29 Å². The molecule has 0 fully saturated rings. The van der Waals surface area contributed by atoms with Crippen molar-refractivity contribution in [1.82, 2.24) is 0 Å². The summed E-state index contributed by atoms with van der Waals surface area (Å²) in [6.45, 7) is 14.1. The molecule has 0 bridgehead atoms. The van der Waals surface area contributed by atoms with Gasteiger partial charge in [0.05, 0.1) is 0 Å². The van der Waals surface area contributed by atoms with Crippen LogP contribution in [-0.4, -0.2) is 21.9 Å². The molecule has 2 atom stereocenters. The second-order valence-electron chi connectivity index (χ2n) is 5.43. The van der Waals surface area contributed by atoms with Crippen LogP contribution in [0.5, 0.6) is 0 Å². The summed E-state index contributed by atoms with van der Waals surface area (Å²) in [6, 6.07) is 1.27. The van der Waals surface area contributed by atoms with E-state index in [1.165, 1.54) is 18.9 Å². The topological polar surface area (TPSA) is 18.5 Å². The SMILES string of the molecule is CCCC[SiH](OC(CC)OCC)C(C)(C)C. The highest BCUT2D eigenvalue weighted by Gasteiger charge is 2.29. The van der Waals surface area contributed by atoms with Crippen LogP contribution in [0.25, 0.3) is 0 Å². The Morgan fingerprint density at radius 1 is 1.12 bits per heavy atom. The average molecular weight is 246 g/mol. The maximum atomic E-state index is 6.22. The predicted molar refractivity (Wildman–Crippen MR) is 73.4 cm³/mol. The lowest BCUT2D eigenvalue weighted by atomic mass is 10.2. The standard InChI is InChI=1S/C13H30O2Si/c1-7-10-11-16(13(4,5)6)15-12(8-2)14-9-3/h12,16H,7-11H2,1-6H3. The summed E-state index contributed by atoms with van der Waals surface area (Å²) in [5.41, 5.74) is 0. The Kier molecular flexibility index (Phi) is 8.33. The Hall–Kier alpha value is 0.137. The first-order chi connectivity index (χ1) is 7.45. The number of hydrogen-bond donors (Lipinski definition) is 0. The molecule has 16 heavy (non-hydrogen) atoms. The summed E-state index contributed by atoms with van der Waals surface area (Å²) in [5.74, 6) is 0. The van der Waals surface area contributed by atoms with Crippen molar-refractivity contribution in [3.63, 3.8) is 0 Å². The van der Waals surface area contributed by atoms with Gasteiger partial charge in [-0.3, -0.25) is 0 Å². The minimum Gasteiger partial charge on any atom is -0.395 e. The van der Waals surface area contributed by atoms with Crippen LogP contribution in [0.4, 0.5) is 0 Å². The molecule has 0 aromatic rings. The fourth-order valence-electron chi connectivity index (χ4n) is 1.72. The summed E-state index contributed by atoms with van der Waals surface area (Å²) in [7, 11) is -1.17. The predicted octanol–water partition coefficient (Wildman–Crippen LogP) is 4.10. The first-order valence-corrected chi connectivity index (χ1v) is 8.59. The summed E-state index contributed by atoms with van der Waals surface area (Å²) < 4.78 is 11.8. The third kappa shape index (κ3) is 6.66. The van der Waals surface area contributed by atoms with Crippen LogP contribution in [0, 0.1) is 0 Å². The van der Waals surface area contributed by atoms with E-state index in [1.54, 1.807) is 0 Å². The number of rotatable bonds is 8. The van der Waals surface area contributed by atoms with E-state index in [1.807, 2.05) is 6.92 Å². The summed E-state index contributed by atoms with van der Waals surface area (Å²) in [4.78, 5) is 0. The molecule has 2 unspecified atom stereocenters. The molecule has 0 heterocycles. The monoisotopic (exact) mass is 246 g/mol. The highest BCUT2D eigenvalue weighted by atomic mass is 28.3. The number of hydrogen-bond acceptors (Lipinski definition) is 2. The summed E-state index contributed by atoms with van der Waals surface area (Å²) in [5, 5.41) is 0.333. The van der Waals surface area contributed by atoms with Crippen molar-refractivity contribution in [3.05, 3.63) is 0 Å². The van der Waals surface area contributed by atoms with Gasteiger partial charge in [-0.25, -0.2) is 0 Å².